The van der Waals surface area contributed by atoms with Crippen molar-refractivity contribution in [2.24, 2.45) is 5.73 Å². The highest BCUT2D eigenvalue weighted by atomic mass is 32.2. The number of rotatable bonds is 4. The topological polar surface area (TPSA) is 85.1 Å². The minimum absolute atomic E-state index is 0.170. The molecule has 1 aromatic carbocycles. The number of hydrogen-bond donors (Lipinski definition) is 2. The van der Waals surface area contributed by atoms with Crippen LogP contribution in [-0.2, 0) is 16.6 Å². The lowest BCUT2D eigenvalue weighted by molar-refractivity contribution is 0.600. The molecule has 2 aromatic rings. The minimum Gasteiger partial charge on any atom is -0.326 e. The third kappa shape index (κ3) is 2.91. The Balaban J connectivity index is 2.41. The highest BCUT2D eigenvalue weighted by Gasteiger charge is 2.18. The van der Waals surface area contributed by atoms with E-state index in [1.54, 1.807) is 30.5 Å². The molecule has 1 heterocycles. The number of nitrogens with zero attached hydrogens (tertiary/aromatic N) is 1. The summed E-state index contributed by atoms with van der Waals surface area (Å²) in [6.45, 7) is 1.98. The maximum absolute atomic E-state index is 12.3. The van der Waals surface area contributed by atoms with Gasteiger partial charge in [-0.1, -0.05) is 18.2 Å². The average Bonchev–Trinajstić information content (AvgIpc) is 2.41. The number of nitrogens with one attached hydrogen (secondary N) is 1. The van der Waals surface area contributed by atoms with Crippen molar-refractivity contribution >= 4 is 15.7 Å². The summed E-state index contributed by atoms with van der Waals surface area (Å²) in [5.41, 5.74) is 7.42. The minimum atomic E-state index is -3.65. The molecule has 0 aliphatic heterocycles. The van der Waals surface area contributed by atoms with Gasteiger partial charge in [0.1, 0.15) is 0 Å². The lowest BCUT2D eigenvalue weighted by atomic mass is 10.2. The van der Waals surface area contributed by atoms with Gasteiger partial charge in [0.05, 0.1) is 16.8 Å². The Morgan fingerprint density at radius 3 is 2.68 bits per heavy atom. The van der Waals surface area contributed by atoms with Gasteiger partial charge in [0.25, 0.3) is 10.0 Å². The van der Waals surface area contributed by atoms with Crippen LogP contribution < -0.4 is 10.5 Å². The summed E-state index contributed by atoms with van der Waals surface area (Å²) in [7, 11) is -3.65. The fourth-order valence-corrected chi connectivity index (χ4v) is 3.07. The number of pyridine rings is 1. The molecule has 5 nitrogen and oxygen atoms in total. The number of hydrogen-bond acceptors (Lipinski definition) is 4. The number of sulfonamides is 1. The van der Waals surface area contributed by atoms with Crippen LogP contribution in [0.4, 0.5) is 5.69 Å². The fraction of sp³-hybridized carbons (Fsp3) is 0.154. The average molecular weight is 277 g/mol. The van der Waals surface area contributed by atoms with Gasteiger partial charge in [-0.25, -0.2) is 8.42 Å². The van der Waals surface area contributed by atoms with E-state index in [0.29, 0.717) is 11.3 Å². The summed E-state index contributed by atoms with van der Waals surface area (Å²) < 4.78 is 27.2. The number of benzene rings is 1. The third-order valence-electron chi connectivity index (χ3n) is 2.77. The monoisotopic (exact) mass is 277 g/mol. The second-order valence-electron chi connectivity index (χ2n) is 4.11. The smallest absolute Gasteiger partial charge is 0.262 e. The summed E-state index contributed by atoms with van der Waals surface area (Å²) >= 11 is 0. The van der Waals surface area contributed by atoms with Crippen molar-refractivity contribution in [2.75, 3.05) is 4.72 Å². The number of nitrogens with two attached hydrogens (primary N) is 1. The molecule has 0 amide bonds. The second kappa shape index (κ2) is 5.38. The standard InChI is InChI=1S/C13H15N3O2S/c1-10-6-7-15-9-12(10)16-19(17,18)13-5-3-2-4-11(13)8-14/h2-7,9,16H,8,14H2,1H3. The molecular weight excluding hydrogens is 262 g/mol. The van der Waals surface area contributed by atoms with Gasteiger partial charge in [0.15, 0.2) is 0 Å². The Hall–Kier alpha value is -1.92. The Morgan fingerprint density at radius 2 is 2.00 bits per heavy atom. The zero-order valence-electron chi connectivity index (χ0n) is 10.5. The first-order valence-electron chi connectivity index (χ1n) is 5.76. The molecule has 0 atom stereocenters. The van der Waals surface area contributed by atoms with Gasteiger partial charge in [-0.15, -0.1) is 0 Å². The molecule has 1 aromatic heterocycles. The molecule has 0 spiro atoms. The molecule has 0 fully saturated rings. The fourth-order valence-electron chi connectivity index (χ4n) is 1.71. The molecule has 0 bridgehead atoms. The lowest BCUT2D eigenvalue weighted by Gasteiger charge is -2.12. The zero-order chi connectivity index (χ0) is 13.9. The molecule has 3 N–H and O–H groups in total. The number of aromatic nitrogens is 1. The molecule has 0 saturated heterocycles. The molecule has 6 heteroatoms. The van der Waals surface area contributed by atoms with E-state index in [-0.39, 0.29) is 11.4 Å². The Bertz CT molecular complexity index is 684. The van der Waals surface area contributed by atoms with Crippen LogP contribution in [0.25, 0.3) is 0 Å². The van der Waals surface area contributed by atoms with Gasteiger partial charge in [0, 0.05) is 12.7 Å². The van der Waals surface area contributed by atoms with E-state index >= 15 is 0 Å². The maximum Gasteiger partial charge on any atom is 0.262 e. The van der Waals surface area contributed by atoms with Crippen molar-refractivity contribution in [3.63, 3.8) is 0 Å². The molecule has 0 unspecified atom stereocenters. The van der Waals surface area contributed by atoms with Crippen LogP contribution in [-0.4, -0.2) is 13.4 Å². The van der Waals surface area contributed by atoms with Gasteiger partial charge >= 0.3 is 0 Å². The van der Waals surface area contributed by atoms with Gasteiger partial charge < -0.3 is 5.73 Å². The second-order valence-corrected chi connectivity index (χ2v) is 5.76. The summed E-state index contributed by atoms with van der Waals surface area (Å²) in [6.07, 6.45) is 3.10. The highest BCUT2D eigenvalue weighted by Crippen LogP contribution is 2.20. The lowest BCUT2D eigenvalue weighted by Crippen LogP contribution is -2.16. The van der Waals surface area contributed by atoms with Crippen molar-refractivity contribution in [3.05, 3.63) is 53.9 Å². The van der Waals surface area contributed by atoms with Crippen LogP contribution in [0.3, 0.4) is 0 Å². The van der Waals surface area contributed by atoms with Crippen molar-refractivity contribution in [1.82, 2.24) is 4.98 Å². The van der Waals surface area contributed by atoms with E-state index in [2.05, 4.69) is 9.71 Å². The third-order valence-corrected chi connectivity index (χ3v) is 4.23. The predicted molar refractivity (Wildman–Crippen MR) is 74.1 cm³/mol. The van der Waals surface area contributed by atoms with Gasteiger partial charge in [-0.3, -0.25) is 9.71 Å². The summed E-state index contributed by atoms with van der Waals surface area (Å²) in [5, 5.41) is 0. The Morgan fingerprint density at radius 1 is 1.26 bits per heavy atom. The molecule has 0 saturated carbocycles. The van der Waals surface area contributed by atoms with E-state index in [9.17, 15) is 8.42 Å². The normalized spacial score (nSPS) is 11.3. The van der Waals surface area contributed by atoms with E-state index in [4.69, 9.17) is 5.73 Å². The van der Waals surface area contributed by atoms with Gasteiger partial charge in [-0.2, -0.15) is 0 Å². The van der Waals surface area contributed by atoms with Crippen LogP contribution in [0.15, 0.2) is 47.6 Å². The van der Waals surface area contributed by atoms with Gasteiger partial charge in [0.2, 0.25) is 0 Å². The highest BCUT2D eigenvalue weighted by molar-refractivity contribution is 7.92. The first-order valence-corrected chi connectivity index (χ1v) is 7.24. The molecule has 0 aliphatic rings. The van der Waals surface area contributed by atoms with E-state index < -0.39 is 10.0 Å². The molecular formula is C13H15N3O2S. The Kier molecular flexibility index (Phi) is 3.82. The van der Waals surface area contributed by atoms with Crippen LogP contribution in [0, 0.1) is 6.92 Å². The van der Waals surface area contributed by atoms with Crippen LogP contribution in [0.5, 0.6) is 0 Å². The van der Waals surface area contributed by atoms with Crippen molar-refractivity contribution < 1.29 is 8.42 Å². The van der Waals surface area contributed by atoms with Crippen LogP contribution >= 0.6 is 0 Å². The largest absolute Gasteiger partial charge is 0.326 e. The van der Waals surface area contributed by atoms with E-state index in [1.165, 1.54) is 12.3 Å². The molecule has 0 radical (unpaired) electrons. The zero-order valence-corrected chi connectivity index (χ0v) is 11.3. The molecule has 2 rings (SSSR count). The van der Waals surface area contributed by atoms with Gasteiger partial charge in [-0.05, 0) is 30.2 Å². The molecule has 100 valence electrons. The van der Waals surface area contributed by atoms with E-state index in [0.717, 1.165) is 5.56 Å². The summed E-state index contributed by atoms with van der Waals surface area (Å²) in [6, 6.07) is 8.41. The first kappa shape index (κ1) is 13.5. The molecule has 19 heavy (non-hydrogen) atoms. The predicted octanol–water partition coefficient (Wildman–Crippen LogP) is 1.65. The van der Waals surface area contributed by atoms with Crippen molar-refractivity contribution in [3.8, 4) is 0 Å². The number of anilines is 1. The van der Waals surface area contributed by atoms with Crippen LogP contribution in [0.2, 0.25) is 0 Å². The molecule has 0 aliphatic carbocycles. The Labute approximate surface area is 112 Å². The maximum atomic E-state index is 12.3. The number of aryl methyl sites for hydroxylation is 1. The van der Waals surface area contributed by atoms with Crippen molar-refractivity contribution in [1.29, 1.82) is 0 Å². The first-order chi connectivity index (χ1) is 9.04. The summed E-state index contributed by atoms with van der Waals surface area (Å²) in [5.74, 6) is 0. The SMILES string of the molecule is Cc1ccncc1NS(=O)(=O)c1ccccc1CN. The quantitative estimate of drug-likeness (QED) is 0.889. The summed E-state index contributed by atoms with van der Waals surface area (Å²) in [4.78, 5) is 4.11. The van der Waals surface area contributed by atoms with E-state index in [1.807, 2.05) is 6.92 Å². The van der Waals surface area contributed by atoms with Crippen LogP contribution in [0.1, 0.15) is 11.1 Å². The van der Waals surface area contributed by atoms with Crippen molar-refractivity contribution in [2.45, 2.75) is 18.4 Å².